The van der Waals surface area contributed by atoms with Gasteiger partial charge in [0.2, 0.25) is 11.2 Å². The number of morpholine rings is 1. The molecule has 3 rings (SSSR count). The zero-order chi connectivity index (χ0) is 19.7. The number of aromatic nitrogens is 1. The van der Waals surface area contributed by atoms with Gasteiger partial charge in [-0.2, -0.15) is 0 Å². The quantitative estimate of drug-likeness (QED) is 0.700. The number of carbonyl (C=O) groups excluding carboxylic acids is 3. The van der Waals surface area contributed by atoms with Crippen molar-refractivity contribution in [2.75, 3.05) is 25.7 Å². The summed E-state index contributed by atoms with van der Waals surface area (Å²) in [5, 5.41) is 0. The zero-order valence-corrected chi connectivity index (χ0v) is 15.0. The van der Waals surface area contributed by atoms with Gasteiger partial charge in [-0.3, -0.25) is 14.3 Å². The summed E-state index contributed by atoms with van der Waals surface area (Å²) in [7, 11) is 1.14. The van der Waals surface area contributed by atoms with E-state index in [1.54, 1.807) is 0 Å². The molecule has 3 atom stereocenters. The van der Waals surface area contributed by atoms with E-state index in [2.05, 4.69) is 10.2 Å². The van der Waals surface area contributed by atoms with Gasteiger partial charge in [-0.05, 0) is 13.8 Å². The lowest BCUT2D eigenvalue weighted by Crippen LogP contribution is -2.62. The fourth-order valence-electron chi connectivity index (χ4n) is 2.89. The lowest BCUT2D eigenvalue weighted by Gasteiger charge is -2.44. The highest BCUT2D eigenvalue weighted by Gasteiger charge is 2.40. The van der Waals surface area contributed by atoms with E-state index >= 15 is 0 Å². The number of amides is 1. The topological polar surface area (TPSA) is 125 Å². The lowest BCUT2D eigenvalue weighted by molar-refractivity contribution is -0.150. The largest absolute Gasteiger partial charge is 0.514 e. The van der Waals surface area contributed by atoms with Gasteiger partial charge >= 0.3 is 12.1 Å². The summed E-state index contributed by atoms with van der Waals surface area (Å²) in [6.45, 7) is 3.75. The van der Waals surface area contributed by atoms with Crippen molar-refractivity contribution in [2.45, 2.75) is 32.2 Å². The maximum Gasteiger partial charge on any atom is 0.514 e. The summed E-state index contributed by atoms with van der Waals surface area (Å²) in [6, 6.07) is 1.14. The van der Waals surface area contributed by atoms with Crippen LogP contribution in [0.3, 0.4) is 0 Å². The molecule has 1 amide bonds. The van der Waals surface area contributed by atoms with Crippen LogP contribution in [0.15, 0.2) is 17.1 Å². The number of fused-ring (bicyclic) bond motifs is 2. The lowest BCUT2D eigenvalue weighted by atomic mass is 10.1. The number of pyridine rings is 1. The normalized spacial score (nSPS) is 22.0. The van der Waals surface area contributed by atoms with Crippen LogP contribution in [0.25, 0.3) is 0 Å². The molecule has 0 spiro atoms. The first-order valence-corrected chi connectivity index (χ1v) is 8.24. The van der Waals surface area contributed by atoms with Crippen LogP contribution in [-0.2, 0) is 19.0 Å². The van der Waals surface area contributed by atoms with Gasteiger partial charge in [0.25, 0.3) is 5.91 Å². The van der Waals surface area contributed by atoms with Crippen molar-refractivity contribution < 1.29 is 33.3 Å². The first kappa shape index (κ1) is 18.7. The number of nitrogens with zero attached hydrogens (tertiary/aromatic N) is 2. The first-order valence-electron chi connectivity index (χ1n) is 8.24. The minimum absolute atomic E-state index is 0.143. The first-order chi connectivity index (χ1) is 12.8. The second-order valence-corrected chi connectivity index (χ2v) is 6.01. The molecule has 3 heterocycles. The summed E-state index contributed by atoms with van der Waals surface area (Å²) in [4.78, 5) is 49.9. The molecular formula is C16H19N3O8. The Morgan fingerprint density at radius 3 is 2.81 bits per heavy atom. The predicted molar refractivity (Wildman–Crippen MR) is 88.9 cm³/mol. The molecule has 27 heavy (non-hydrogen) atoms. The van der Waals surface area contributed by atoms with E-state index in [0.29, 0.717) is 13.2 Å². The molecule has 11 heteroatoms. The smallest absolute Gasteiger partial charge is 0.466 e. The van der Waals surface area contributed by atoms with Crippen molar-refractivity contribution >= 4 is 18.0 Å². The van der Waals surface area contributed by atoms with Crippen molar-refractivity contribution in [3.63, 3.8) is 0 Å². The Hall–Kier alpha value is -3.08. The highest BCUT2D eigenvalue weighted by atomic mass is 16.7. The van der Waals surface area contributed by atoms with Gasteiger partial charge < -0.3 is 29.3 Å². The second kappa shape index (κ2) is 7.27. The van der Waals surface area contributed by atoms with Crippen molar-refractivity contribution in [3.05, 3.63) is 28.2 Å². The summed E-state index contributed by atoms with van der Waals surface area (Å²) in [5.74, 6) is -1.77. The van der Waals surface area contributed by atoms with Gasteiger partial charge in [0.15, 0.2) is 11.8 Å². The molecule has 0 aromatic carbocycles. The molecule has 146 valence electrons. The van der Waals surface area contributed by atoms with Crippen LogP contribution in [0.4, 0.5) is 4.79 Å². The molecule has 2 aliphatic heterocycles. The maximum absolute atomic E-state index is 12.9. The Balaban J connectivity index is 1.89. The highest BCUT2D eigenvalue weighted by molar-refractivity contribution is 5.97. The average Bonchev–Trinajstić information content (AvgIpc) is 2.64. The summed E-state index contributed by atoms with van der Waals surface area (Å²) >= 11 is 0. The van der Waals surface area contributed by atoms with Crippen molar-refractivity contribution in [2.24, 2.45) is 0 Å². The fraction of sp³-hybridized carbons (Fsp3) is 0.500. The molecule has 1 aromatic heterocycles. The number of rotatable bonds is 3. The van der Waals surface area contributed by atoms with Gasteiger partial charge in [-0.25, -0.2) is 9.59 Å². The molecular weight excluding hydrogens is 362 g/mol. The minimum atomic E-state index is -1.30. The third kappa shape index (κ3) is 3.45. The van der Waals surface area contributed by atoms with Crippen LogP contribution in [0.2, 0.25) is 0 Å². The van der Waals surface area contributed by atoms with E-state index in [9.17, 15) is 19.2 Å². The number of methoxy groups -OCH3 is 1. The third-order valence-electron chi connectivity index (χ3n) is 4.27. The van der Waals surface area contributed by atoms with E-state index < -0.39 is 41.5 Å². The predicted octanol–water partition coefficient (Wildman–Crippen LogP) is -0.331. The van der Waals surface area contributed by atoms with E-state index in [1.807, 2.05) is 6.92 Å². The van der Waals surface area contributed by atoms with Crippen LogP contribution in [0.1, 0.15) is 24.3 Å². The third-order valence-corrected chi connectivity index (χ3v) is 4.27. The Bertz CT molecular complexity index is 835. The molecule has 0 bridgehead atoms. The van der Waals surface area contributed by atoms with E-state index in [0.717, 1.165) is 13.2 Å². The molecule has 0 aliphatic carbocycles. The molecule has 1 saturated heterocycles. The number of nitrogens with one attached hydrogen (secondary N) is 1. The van der Waals surface area contributed by atoms with E-state index in [1.165, 1.54) is 22.7 Å². The second-order valence-electron chi connectivity index (χ2n) is 6.01. The summed E-state index contributed by atoms with van der Waals surface area (Å²) in [5.41, 5.74) is 2.22. The molecule has 3 unspecified atom stereocenters. The van der Waals surface area contributed by atoms with Gasteiger partial charge in [-0.15, -0.1) is 0 Å². The van der Waals surface area contributed by atoms with Crippen LogP contribution in [0.5, 0.6) is 5.75 Å². The van der Waals surface area contributed by atoms with Crippen LogP contribution < -0.4 is 15.6 Å². The number of hydrogen-bond donors (Lipinski definition) is 1. The molecule has 1 aromatic rings. The number of esters is 1. The molecule has 1 fully saturated rings. The van der Waals surface area contributed by atoms with Crippen LogP contribution in [0, 0.1) is 0 Å². The standard InChI is InChI=1S/C16H19N3O8/c1-8-13-17-19-5-4-10(20)12(11(19)14(21)18(13)6-7-25-8)27-16(23)26-9(2)15(22)24-3/h4-5,8-9,13,17H,6-7H2,1-3H3. The van der Waals surface area contributed by atoms with Gasteiger partial charge in [0.1, 0.15) is 6.17 Å². The van der Waals surface area contributed by atoms with E-state index in [-0.39, 0.29) is 11.8 Å². The van der Waals surface area contributed by atoms with Gasteiger partial charge in [0.05, 0.1) is 19.8 Å². The molecule has 11 nitrogen and oxygen atoms in total. The Morgan fingerprint density at radius 1 is 1.37 bits per heavy atom. The Labute approximate surface area is 153 Å². The maximum atomic E-state index is 12.9. The van der Waals surface area contributed by atoms with Crippen molar-refractivity contribution in [3.8, 4) is 5.75 Å². The Morgan fingerprint density at radius 2 is 2.11 bits per heavy atom. The number of ether oxygens (including phenoxy) is 4. The Kier molecular flexibility index (Phi) is 5.04. The fourth-order valence-corrected chi connectivity index (χ4v) is 2.89. The molecule has 2 aliphatic rings. The van der Waals surface area contributed by atoms with Crippen molar-refractivity contribution in [1.29, 1.82) is 0 Å². The number of hydrogen-bond acceptors (Lipinski definition) is 9. The van der Waals surface area contributed by atoms with Gasteiger partial charge in [0, 0.05) is 18.8 Å². The van der Waals surface area contributed by atoms with E-state index in [4.69, 9.17) is 14.2 Å². The van der Waals surface area contributed by atoms with Crippen LogP contribution >= 0.6 is 0 Å². The average molecular weight is 381 g/mol. The van der Waals surface area contributed by atoms with Gasteiger partial charge in [-0.1, -0.05) is 0 Å². The highest BCUT2D eigenvalue weighted by Crippen LogP contribution is 2.25. The summed E-state index contributed by atoms with van der Waals surface area (Å²) < 4.78 is 21.0. The molecule has 0 radical (unpaired) electrons. The SMILES string of the molecule is COC(=O)C(C)OC(=O)Oc1c2n(ccc1=O)NC1C(C)OCCN1C2=O. The minimum Gasteiger partial charge on any atom is -0.466 e. The zero-order valence-electron chi connectivity index (χ0n) is 15.0. The van der Waals surface area contributed by atoms with Crippen molar-refractivity contribution in [1.82, 2.24) is 9.58 Å². The summed E-state index contributed by atoms with van der Waals surface area (Å²) in [6.07, 6.45) is -1.87. The monoisotopic (exact) mass is 381 g/mol. The molecule has 1 N–H and O–H groups in total. The number of carbonyl (C=O) groups is 3. The molecule has 0 saturated carbocycles. The van der Waals surface area contributed by atoms with Crippen LogP contribution in [-0.4, -0.2) is 66.2 Å².